The van der Waals surface area contributed by atoms with Crippen molar-refractivity contribution >= 4 is 38.1 Å². The van der Waals surface area contributed by atoms with Gasteiger partial charge in [0.25, 0.3) is 0 Å². The first kappa shape index (κ1) is 14.6. The molecule has 3 N–H and O–H groups in total. The summed E-state index contributed by atoms with van der Waals surface area (Å²) in [6.45, 7) is 0. The van der Waals surface area contributed by atoms with Gasteiger partial charge in [0.2, 0.25) is 0 Å². The summed E-state index contributed by atoms with van der Waals surface area (Å²) in [7, 11) is -4.03. The predicted molar refractivity (Wildman–Crippen MR) is 55.5 cm³/mol. The zero-order chi connectivity index (χ0) is 7.61. The number of benzene rings is 1. The number of hydrogen-bond acceptors (Lipinski definition) is 3. The van der Waals surface area contributed by atoms with Gasteiger partial charge in [-0.3, -0.25) is 0 Å². The number of rotatable bonds is 1. The van der Waals surface area contributed by atoms with Gasteiger partial charge in [-0.1, -0.05) is 0 Å². The van der Waals surface area contributed by atoms with E-state index < -0.39 is 7.94 Å². The fourth-order valence-electron chi connectivity index (χ4n) is 0.662. The molecule has 72 valence electrons. The summed E-state index contributed by atoms with van der Waals surface area (Å²) in [6.07, 6.45) is 0. The Morgan fingerprint density at radius 2 is 1.25 bits per heavy atom. The summed E-state index contributed by atoms with van der Waals surface area (Å²) in [4.78, 5) is 26.2. The van der Waals surface area contributed by atoms with Crippen LogP contribution in [0.2, 0.25) is 0 Å². The molecule has 0 radical (unpaired) electrons. The van der Waals surface area contributed by atoms with Gasteiger partial charge < -0.3 is 0 Å². The summed E-state index contributed by atoms with van der Waals surface area (Å²) in [5.41, 5.74) is 0. The average Bonchev–Trinajstić information content (AvgIpc) is 1.88. The molecule has 0 aromatic heterocycles. The van der Waals surface area contributed by atoms with Crippen LogP contribution in [0.1, 0.15) is 0 Å². The van der Waals surface area contributed by atoms with Crippen molar-refractivity contribution in [1.82, 2.24) is 0 Å². The zero-order valence-corrected chi connectivity index (χ0v) is 8.68. The third-order valence-electron chi connectivity index (χ3n) is 1.16. The number of halogens is 2. The summed E-state index contributed by atoms with van der Waals surface area (Å²) < 4.78 is 0. The maximum atomic E-state index is 8.74. The van der Waals surface area contributed by atoms with Crippen molar-refractivity contribution in [3.8, 4) is 0 Å². The van der Waals surface area contributed by atoms with Gasteiger partial charge in [-0.05, 0) is 0 Å². The molecule has 0 aliphatic rings. The molecule has 0 heterocycles. The standard InChI is InChI=1S/C6H9O3P.2ClH/c7-10(8,9)6-4-2-1-3-5-6;;/h1-5,7-10H;2*1H. The molecule has 0 saturated heterocycles. The van der Waals surface area contributed by atoms with Crippen molar-refractivity contribution < 1.29 is 14.7 Å². The second-order valence-electron chi connectivity index (χ2n) is 2.00. The molecule has 3 nitrogen and oxygen atoms in total. The molecule has 0 fully saturated rings. The molecule has 1 aromatic carbocycles. The van der Waals surface area contributed by atoms with Crippen LogP contribution in [0.3, 0.4) is 0 Å². The zero-order valence-electron chi connectivity index (χ0n) is 6.04. The van der Waals surface area contributed by atoms with Gasteiger partial charge >= 0.3 is 58.3 Å². The Labute approximate surface area is 83.5 Å². The second kappa shape index (κ2) is 5.70. The minimum absolute atomic E-state index is 0. The van der Waals surface area contributed by atoms with Crippen LogP contribution < -0.4 is 5.30 Å². The van der Waals surface area contributed by atoms with Crippen LogP contribution >= 0.6 is 32.8 Å². The Hall–Kier alpha value is 0.110. The molecule has 0 spiro atoms. The van der Waals surface area contributed by atoms with Gasteiger partial charge in [0.1, 0.15) is 0 Å². The predicted octanol–water partition coefficient (Wildman–Crippen LogP) is 0.627. The summed E-state index contributed by atoms with van der Waals surface area (Å²) in [5, 5.41) is 0.204. The first-order valence-corrected chi connectivity index (χ1v) is 4.67. The topological polar surface area (TPSA) is 60.7 Å². The van der Waals surface area contributed by atoms with Crippen LogP contribution in [0, 0.1) is 0 Å². The summed E-state index contributed by atoms with van der Waals surface area (Å²) in [6, 6.07) is 7.97. The molecule has 0 atom stereocenters. The quantitative estimate of drug-likeness (QED) is 0.623. The molecular formula is C6H11Cl2O3P. The molecular weight excluding hydrogens is 222 g/mol. The Morgan fingerprint density at radius 3 is 1.50 bits per heavy atom. The third-order valence-corrected chi connectivity index (χ3v) is 2.27. The molecule has 0 unspecified atom stereocenters. The van der Waals surface area contributed by atoms with Gasteiger partial charge in [0.05, 0.1) is 0 Å². The summed E-state index contributed by atoms with van der Waals surface area (Å²) >= 11 is 0. The van der Waals surface area contributed by atoms with Crippen molar-refractivity contribution in [2.45, 2.75) is 0 Å². The van der Waals surface area contributed by atoms with Crippen molar-refractivity contribution in [3.63, 3.8) is 0 Å². The van der Waals surface area contributed by atoms with E-state index in [1.807, 2.05) is 0 Å². The summed E-state index contributed by atoms with van der Waals surface area (Å²) in [5.74, 6) is 0. The van der Waals surface area contributed by atoms with E-state index in [1.54, 1.807) is 18.2 Å². The van der Waals surface area contributed by atoms with Crippen LogP contribution in [-0.4, -0.2) is 14.7 Å². The van der Waals surface area contributed by atoms with E-state index in [2.05, 4.69) is 0 Å². The fourth-order valence-corrected chi connectivity index (χ4v) is 1.30. The maximum absolute atomic E-state index is 8.74. The molecule has 0 aliphatic carbocycles. The fraction of sp³-hybridized carbons (Fsp3) is 0. The van der Waals surface area contributed by atoms with Gasteiger partial charge in [0.15, 0.2) is 0 Å². The van der Waals surface area contributed by atoms with Crippen LogP contribution in [-0.2, 0) is 0 Å². The first-order valence-electron chi connectivity index (χ1n) is 2.83. The van der Waals surface area contributed by atoms with Gasteiger partial charge in [-0.15, -0.1) is 24.8 Å². The Morgan fingerprint density at radius 1 is 0.833 bits per heavy atom. The second-order valence-corrected chi connectivity index (χ2v) is 3.85. The van der Waals surface area contributed by atoms with E-state index in [-0.39, 0.29) is 30.1 Å². The first-order chi connectivity index (χ1) is 4.61. The van der Waals surface area contributed by atoms with E-state index in [1.165, 1.54) is 12.1 Å². The van der Waals surface area contributed by atoms with Crippen LogP contribution in [0.4, 0.5) is 0 Å². The molecule has 0 bridgehead atoms. The van der Waals surface area contributed by atoms with Gasteiger partial charge in [0, 0.05) is 0 Å². The monoisotopic (exact) mass is 232 g/mol. The van der Waals surface area contributed by atoms with Crippen LogP contribution in [0.15, 0.2) is 30.3 Å². The third kappa shape index (κ3) is 4.21. The van der Waals surface area contributed by atoms with E-state index in [9.17, 15) is 0 Å². The normalized spacial score (nSPS) is 10.9. The molecule has 0 saturated carbocycles. The SMILES string of the molecule is Cl.Cl.O[PH](O)(O)c1ccccc1. The van der Waals surface area contributed by atoms with Gasteiger partial charge in [-0.2, -0.15) is 0 Å². The molecule has 1 aromatic rings. The molecule has 12 heavy (non-hydrogen) atoms. The molecule has 6 heteroatoms. The van der Waals surface area contributed by atoms with Crippen LogP contribution in [0.5, 0.6) is 0 Å². The van der Waals surface area contributed by atoms with Crippen molar-refractivity contribution in [1.29, 1.82) is 0 Å². The van der Waals surface area contributed by atoms with E-state index in [0.29, 0.717) is 0 Å². The van der Waals surface area contributed by atoms with E-state index >= 15 is 0 Å². The van der Waals surface area contributed by atoms with E-state index in [4.69, 9.17) is 14.7 Å². The van der Waals surface area contributed by atoms with Crippen molar-refractivity contribution in [2.75, 3.05) is 0 Å². The molecule has 0 amide bonds. The van der Waals surface area contributed by atoms with Crippen LogP contribution in [0.25, 0.3) is 0 Å². The molecule has 1 rings (SSSR count). The van der Waals surface area contributed by atoms with Gasteiger partial charge in [-0.25, -0.2) is 0 Å². The minimum atomic E-state index is -4.03. The number of hydrogen-bond donors (Lipinski definition) is 3. The Kier molecular flexibility index (Phi) is 6.95. The van der Waals surface area contributed by atoms with Crippen molar-refractivity contribution in [3.05, 3.63) is 30.3 Å². The average molecular weight is 233 g/mol. The van der Waals surface area contributed by atoms with Crippen molar-refractivity contribution in [2.24, 2.45) is 0 Å². The molecule has 0 aliphatic heterocycles. The Balaban J connectivity index is 0. The van der Waals surface area contributed by atoms with E-state index in [0.717, 1.165) is 0 Å². The Bertz CT molecular complexity index is 212.